The Kier molecular flexibility index (Phi) is 3.22. The quantitative estimate of drug-likeness (QED) is 0.687. The molecule has 1 aromatic heterocycles. The fraction of sp³-hybridized carbons (Fsp3) is 0.273. The van der Waals surface area contributed by atoms with E-state index in [2.05, 4.69) is 24.9 Å². The maximum absolute atomic E-state index is 8.60. The van der Waals surface area contributed by atoms with Crippen LogP contribution in [0, 0.1) is 17.2 Å². The van der Waals surface area contributed by atoms with Crippen LogP contribution in [0.1, 0.15) is 25.1 Å². The minimum atomic E-state index is 0.464. The van der Waals surface area contributed by atoms with Crippen LogP contribution in [0.3, 0.4) is 0 Å². The van der Waals surface area contributed by atoms with E-state index in [1.54, 1.807) is 12.3 Å². The monoisotopic (exact) mass is 172 g/mol. The van der Waals surface area contributed by atoms with Gasteiger partial charge in [0.15, 0.2) is 0 Å². The third-order valence-electron chi connectivity index (χ3n) is 1.57. The van der Waals surface area contributed by atoms with Gasteiger partial charge in [-0.15, -0.1) is 0 Å². The lowest BCUT2D eigenvalue weighted by molar-refractivity contribution is 0.836. The summed E-state index contributed by atoms with van der Waals surface area (Å²) in [5, 5.41) is 8.60. The highest BCUT2D eigenvalue weighted by molar-refractivity contribution is 5.50. The molecule has 0 aliphatic heterocycles. The molecule has 1 heterocycles. The van der Waals surface area contributed by atoms with E-state index >= 15 is 0 Å². The average molecular weight is 172 g/mol. The Hall–Kier alpha value is -1.62. The van der Waals surface area contributed by atoms with Crippen LogP contribution in [0.15, 0.2) is 24.4 Å². The molecular weight excluding hydrogens is 160 g/mol. The van der Waals surface area contributed by atoms with Crippen LogP contribution >= 0.6 is 0 Å². The first-order valence-corrected chi connectivity index (χ1v) is 4.26. The van der Waals surface area contributed by atoms with Crippen LogP contribution in [0.25, 0.3) is 6.08 Å². The first kappa shape index (κ1) is 9.47. The summed E-state index contributed by atoms with van der Waals surface area (Å²) >= 11 is 0. The molecule has 0 fully saturated rings. The number of aromatic nitrogens is 1. The largest absolute Gasteiger partial charge is 0.246 e. The molecule has 2 nitrogen and oxygen atoms in total. The van der Waals surface area contributed by atoms with Crippen molar-refractivity contribution in [2.75, 3.05) is 0 Å². The van der Waals surface area contributed by atoms with Gasteiger partial charge < -0.3 is 0 Å². The maximum atomic E-state index is 8.60. The molecule has 2 heteroatoms. The molecule has 0 saturated heterocycles. The summed E-state index contributed by atoms with van der Waals surface area (Å²) in [5.41, 5.74) is 1.49. The van der Waals surface area contributed by atoms with Crippen LogP contribution in [-0.2, 0) is 0 Å². The van der Waals surface area contributed by atoms with Crippen molar-refractivity contribution in [1.82, 2.24) is 4.98 Å². The van der Waals surface area contributed by atoms with Crippen LogP contribution < -0.4 is 0 Å². The van der Waals surface area contributed by atoms with Crippen molar-refractivity contribution in [3.63, 3.8) is 0 Å². The van der Waals surface area contributed by atoms with Gasteiger partial charge >= 0.3 is 0 Å². The second-order valence-corrected chi connectivity index (χ2v) is 3.19. The van der Waals surface area contributed by atoms with E-state index in [-0.39, 0.29) is 0 Å². The molecule has 0 aliphatic rings. The van der Waals surface area contributed by atoms with Gasteiger partial charge in [0, 0.05) is 6.20 Å². The van der Waals surface area contributed by atoms with Gasteiger partial charge in [-0.3, -0.25) is 0 Å². The third-order valence-corrected chi connectivity index (χ3v) is 1.57. The van der Waals surface area contributed by atoms with Crippen molar-refractivity contribution < 1.29 is 0 Å². The summed E-state index contributed by atoms with van der Waals surface area (Å²) < 4.78 is 0. The van der Waals surface area contributed by atoms with E-state index in [9.17, 15) is 0 Å². The summed E-state index contributed by atoms with van der Waals surface area (Å²) in [6, 6.07) is 5.68. The molecule has 0 aromatic carbocycles. The minimum absolute atomic E-state index is 0.464. The Labute approximate surface area is 78.5 Å². The van der Waals surface area contributed by atoms with E-state index < -0.39 is 0 Å². The first-order valence-electron chi connectivity index (χ1n) is 4.26. The summed E-state index contributed by atoms with van der Waals surface area (Å²) in [5.74, 6) is 0.527. The first-order chi connectivity index (χ1) is 6.22. The number of nitriles is 1. The third kappa shape index (κ3) is 3.08. The molecule has 0 amide bonds. The number of hydrogen-bond acceptors (Lipinski definition) is 2. The predicted octanol–water partition coefficient (Wildman–Crippen LogP) is 2.62. The smallest absolute Gasteiger partial charge is 0.141 e. The van der Waals surface area contributed by atoms with Crippen molar-refractivity contribution in [3.8, 4) is 6.07 Å². The average Bonchev–Trinajstić information content (AvgIpc) is 2.15. The highest BCUT2D eigenvalue weighted by Gasteiger charge is 1.92. The lowest BCUT2D eigenvalue weighted by Crippen LogP contribution is -1.83. The Balaban J connectivity index is 2.85. The van der Waals surface area contributed by atoms with E-state index in [4.69, 9.17) is 5.26 Å². The Morgan fingerprint density at radius 3 is 2.92 bits per heavy atom. The van der Waals surface area contributed by atoms with Crippen molar-refractivity contribution in [1.29, 1.82) is 5.26 Å². The van der Waals surface area contributed by atoms with Gasteiger partial charge in [-0.05, 0) is 23.6 Å². The summed E-state index contributed by atoms with van der Waals surface area (Å²) in [6.45, 7) is 4.23. The lowest BCUT2D eigenvalue weighted by atomic mass is 10.1. The SMILES string of the molecule is CC(C)/C=C/c1ccnc(C#N)c1. The summed E-state index contributed by atoms with van der Waals surface area (Å²) in [4.78, 5) is 3.89. The van der Waals surface area contributed by atoms with Crippen LogP contribution in [-0.4, -0.2) is 4.98 Å². The van der Waals surface area contributed by atoms with Crippen molar-refractivity contribution in [2.24, 2.45) is 5.92 Å². The van der Waals surface area contributed by atoms with E-state index in [0.717, 1.165) is 5.56 Å². The lowest BCUT2D eigenvalue weighted by Gasteiger charge is -1.95. The number of hydrogen-bond donors (Lipinski definition) is 0. The molecular formula is C11H12N2. The van der Waals surface area contributed by atoms with Gasteiger partial charge in [-0.2, -0.15) is 5.26 Å². The van der Waals surface area contributed by atoms with Crippen LogP contribution in [0.2, 0.25) is 0 Å². The standard InChI is InChI=1S/C11H12N2/c1-9(2)3-4-10-5-6-13-11(7-10)8-12/h3-7,9H,1-2H3/b4-3+. The summed E-state index contributed by atoms with van der Waals surface area (Å²) in [7, 11) is 0. The van der Waals surface area contributed by atoms with Gasteiger partial charge in [0.25, 0.3) is 0 Å². The highest BCUT2D eigenvalue weighted by atomic mass is 14.7. The molecule has 0 N–H and O–H groups in total. The van der Waals surface area contributed by atoms with Crippen molar-refractivity contribution in [2.45, 2.75) is 13.8 Å². The second-order valence-electron chi connectivity index (χ2n) is 3.19. The van der Waals surface area contributed by atoms with Gasteiger partial charge in [-0.1, -0.05) is 26.0 Å². The van der Waals surface area contributed by atoms with Crippen LogP contribution in [0.4, 0.5) is 0 Å². The maximum Gasteiger partial charge on any atom is 0.141 e. The predicted molar refractivity (Wildman–Crippen MR) is 52.8 cm³/mol. The number of allylic oxidation sites excluding steroid dienone is 1. The normalized spacial score (nSPS) is 10.6. The molecule has 1 aromatic rings. The summed E-state index contributed by atoms with van der Waals surface area (Å²) in [6.07, 6.45) is 5.75. The van der Waals surface area contributed by atoms with Crippen molar-refractivity contribution in [3.05, 3.63) is 35.7 Å². The zero-order valence-corrected chi connectivity index (χ0v) is 7.86. The molecule has 0 atom stereocenters. The Morgan fingerprint density at radius 1 is 1.54 bits per heavy atom. The second kappa shape index (κ2) is 4.42. The number of pyridine rings is 1. The number of nitrogens with zero attached hydrogens (tertiary/aromatic N) is 2. The van der Waals surface area contributed by atoms with Crippen LogP contribution in [0.5, 0.6) is 0 Å². The van der Waals surface area contributed by atoms with E-state index in [1.165, 1.54) is 0 Å². The Bertz CT molecular complexity index is 345. The zero-order chi connectivity index (χ0) is 9.68. The molecule has 0 bridgehead atoms. The molecule has 0 unspecified atom stereocenters. The fourth-order valence-electron chi connectivity index (χ4n) is 0.915. The highest BCUT2D eigenvalue weighted by Crippen LogP contribution is 2.05. The van der Waals surface area contributed by atoms with E-state index in [1.807, 2.05) is 18.2 Å². The molecule has 66 valence electrons. The number of rotatable bonds is 2. The van der Waals surface area contributed by atoms with Gasteiger partial charge in [0.05, 0.1) is 0 Å². The minimum Gasteiger partial charge on any atom is -0.246 e. The Morgan fingerprint density at radius 2 is 2.31 bits per heavy atom. The molecule has 0 saturated carbocycles. The molecule has 0 radical (unpaired) electrons. The topological polar surface area (TPSA) is 36.7 Å². The molecule has 1 rings (SSSR count). The van der Waals surface area contributed by atoms with Crippen molar-refractivity contribution >= 4 is 6.08 Å². The van der Waals surface area contributed by atoms with Gasteiger partial charge in [0.2, 0.25) is 0 Å². The molecule has 0 spiro atoms. The zero-order valence-electron chi connectivity index (χ0n) is 7.86. The molecule has 0 aliphatic carbocycles. The van der Waals surface area contributed by atoms with E-state index in [0.29, 0.717) is 11.6 Å². The fourth-order valence-corrected chi connectivity index (χ4v) is 0.915. The van der Waals surface area contributed by atoms with Gasteiger partial charge in [0.1, 0.15) is 11.8 Å². The van der Waals surface area contributed by atoms with Gasteiger partial charge in [-0.25, -0.2) is 4.98 Å². The molecule has 13 heavy (non-hydrogen) atoms.